The van der Waals surface area contributed by atoms with Crippen molar-refractivity contribution in [2.45, 2.75) is 18.9 Å². The van der Waals surface area contributed by atoms with E-state index in [1.54, 1.807) is 0 Å². The molecule has 1 unspecified atom stereocenters. The van der Waals surface area contributed by atoms with Crippen molar-refractivity contribution in [2.75, 3.05) is 0 Å². The Labute approximate surface area is 176 Å². The number of hydroxylamine groups is 1. The number of halogens is 3. The van der Waals surface area contributed by atoms with E-state index < -0.39 is 35.3 Å². The molecule has 0 radical (unpaired) electrons. The molecule has 0 spiro atoms. The molecule has 0 saturated heterocycles. The highest BCUT2D eigenvalue weighted by atomic mass is 19.2. The molecule has 31 heavy (non-hydrogen) atoms. The lowest BCUT2D eigenvalue weighted by atomic mass is 9.99. The van der Waals surface area contributed by atoms with E-state index in [-0.39, 0.29) is 12.0 Å². The summed E-state index contributed by atoms with van der Waals surface area (Å²) in [4.78, 5) is 24.4. The fourth-order valence-corrected chi connectivity index (χ4v) is 3.09. The average Bonchev–Trinajstić information content (AvgIpc) is 2.79. The highest BCUT2D eigenvalue weighted by Gasteiger charge is 2.22. The molecule has 2 amide bonds. The molecule has 0 aliphatic heterocycles. The fraction of sp³-hybridized carbons (Fsp3) is 0.130. The summed E-state index contributed by atoms with van der Waals surface area (Å²) in [5, 5.41) is 11.6. The summed E-state index contributed by atoms with van der Waals surface area (Å²) < 4.78 is 40.1. The van der Waals surface area contributed by atoms with Crippen LogP contribution < -0.4 is 10.8 Å². The zero-order valence-corrected chi connectivity index (χ0v) is 16.2. The van der Waals surface area contributed by atoms with Crippen molar-refractivity contribution in [1.82, 2.24) is 10.8 Å². The van der Waals surface area contributed by atoms with Crippen LogP contribution in [0, 0.1) is 17.5 Å². The third-order valence-electron chi connectivity index (χ3n) is 4.72. The van der Waals surface area contributed by atoms with Gasteiger partial charge in [-0.2, -0.15) is 0 Å². The minimum absolute atomic E-state index is 0.109. The Kier molecular flexibility index (Phi) is 7.04. The second-order valence-electron chi connectivity index (χ2n) is 6.84. The van der Waals surface area contributed by atoms with E-state index in [0.29, 0.717) is 17.5 Å². The number of aryl methyl sites for hydroxylation is 1. The molecule has 5 nitrogen and oxygen atoms in total. The van der Waals surface area contributed by atoms with Gasteiger partial charge >= 0.3 is 0 Å². The molecule has 0 aliphatic rings. The molecule has 8 heteroatoms. The highest BCUT2D eigenvalue weighted by molar-refractivity contribution is 5.88. The second kappa shape index (κ2) is 9.90. The molecule has 0 aliphatic carbocycles. The number of hydrogen-bond donors (Lipinski definition) is 3. The molecular formula is C23H19F3N2O3. The third-order valence-corrected chi connectivity index (χ3v) is 4.72. The number of rotatable bonds is 7. The van der Waals surface area contributed by atoms with Gasteiger partial charge in [0.05, 0.1) is 0 Å². The Bertz CT molecular complexity index is 1050. The van der Waals surface area contributed by atoms with Crippen LogP contribution in [0.15, 0.2) is 66.7 Å². The van der Waals surface area contributed by atoms with Gasteiger partial charge in [-0.05, 0) is 40.8 Å². The van der Waals surface area contributed by atoms with Crippen LogP contribution in [0.5, 0.6) is 0 Å². The lowest BCUT2D eigenvalue weighted by molar-refractivity contribution is -0.134. The van der Waals surface area contributed by atoms with Crippen molar-refractivity contribution in [3.8, 4) is 11.1 Å². The maximum absolute atomic E-state index is 13.5. The fourth-order valence-electron chi connectivity index (χ4n) is 3.09. The minimum Gasteiger partial charge on any atom is -0.340 e. The quantitative estimate of drug-likeness (QED) is 0.302. The molecule has 0 aromatic heterocycles. The van der Waals surface area contributed by atoms with Crippen LogP contribution in [0.1, 0.15) is 23.6 Å². The van der Waals surface area contributed by atoms with E-state index in [4.69, 9.17) is 5.21 Å². The second-order valence-corrected chi connectivity index (χ2v) is 6.84. The van der Waals surface area contributed by atoms with Crippen LogP contribution >= 0.6 is 0 Å². The summed E-state index contributed by atoms with van der Waals surface area (Å²) in [5.74, 6) is -5.44. The van der Waals surface area contributed by atoms with Crippen LogP contribution in [0.25, 0.3) is 11.1 Å². The number of hydrogen-bond acceptors (Lipinski definition) is 3. The van der Waals surface area contributed by atoms with E-state index in [9.17, 15) is 22.8 Å². The van der Waals surface area contributed by atoms with Gasteiger partial charge in [-0.1, -0.05) is 54.6 Å². The van der Waals surface area contributed by atoms with Crippen molar-refractivity contribution in [3.63, 3.8) is 0 Å². The lowest BCUT2D eigenvalue weighted by Gasteiger charge is -2.18. The molecule has 1 atom stereocenters. The predicted octanol–water partition coefficient (Wildman–Crippen LogP) is 4.07. The van der Waals surface area contributed by atoms with Gasteiger partial charge in [-0.3, -0.25) is 14.8 Å². The van der Waals surface area contributed by atoms with Crippen LogP contribution in [0.4, 0.5) is 13.2 Å². The highest BCUT2D eigenvalue weighted by Crippen LogP contribution is 2.25. The van der Waals surface area contributed by atoms with Crippen LogP contribution in [0.2, 0.25) is 0 Å². The molecule has 3 aromatic rings. The van der Waals surface area contributed by atoms with Crippen LogP contribution in [-0.4, -0.2) is 17.0 Å². The Hall–Kier alpha value is -3.65. The Morgan fingerprint density at radius 1 is 0.871 bits per heavy atom. The third kappa shape index (κ3) is 5.49. The van der Waals surface area contributed by atoms with E-state index >= 15 is 0 Å². The first-order chi connectivity index (χ1) is 14.9. The van der Waals surface area contributed by atoms with Crippen molar-refractivity contribution in [1.29, 1.82) is 0 Å². The predicted molar refractivity (Wildman–Crippen MR) is 107 cm³/mol. The van der Waals surface area contributed by atoms with Crippen LogP contribution in [-0.2, 0) is 16.0 Å². The molecule has 3 aromatic carbocycles. The average molecular weight is 428 g/mol. The molecule has 3 rings (SSSR count). The van der Waals surface area contributed by atoms with E-state index in [2.05, 4.69) is 5.32 Å². The van der Waals surface area contributed by atoms with Crippen molar-refractivity contribution in [3.05, 3.63) is 95.3 Å². The molecule has 160 valence electrons. The number of carbonyl (C=O) groups excluding carboxylic acids is 2. The van der Waals surface area contributed by atoms with E-state index in [1.165, 1.54) is 29.7 Å². The Balaban J connectivity index is 1.75. The van der Waals surface area contributed by atoms with Crippen LogP contribution in [0.3, 0.4) is 0 Å². The number of carbonyl (C=O) groups is 2. The van der Waals surface area contributed by atoms with Crippen molar-refractivity contribution < 1.29 is 28.0 Å². The van der Waals surface area contributed by atoms with Gasteiger partial charge in [0, 0.05) is 6.42 Å². The zero-order valence-electron chi connectivity index (χ0n) is 16.2. The van der Waals surface area contributed by atoms with E-state index in [1.807, 2.05) is 30.3 Å². The maximum atomic E-state index is 13.5. The monoisotopic (exact) mass is 428 g/mol. The van der Waals surface area contributed by atoms with Crippen molar-refractivity contribution in [2.24, 2.45) is 0 Å². The molecular weight excluding hydrogens is 409 g/mol. The summed E-state index contributed by atoms with van der Waals surface area (Å²) in [6.07, 6.45) is 0.603. The minimum atomic E-state index is -1.56. The maximum Gasteiger partial charge on any atom is 0.270 e. The van der Waals surface area contributed by atoms with Crippen molar-refractivity contribution >= 4 is 11.8 Å². The molecule has 0 fully saturated rings. The zero-order chi connectivity index (χ0) is 22.4. The first kappa shape index (κ1) is 22.0. The van der Waals surface area contributed by atoms with Gasteiger partial charge in [0.25, 0.3) is 5.91 Å². The number of benzene rings is 3. The van der Waals surface area contributed by atoms with Gasteiger partial charge in [0.1, 0.15) is 6.04 Å². The van der Waals surface area contributed by atoms with Gasteiger partial charge in [-0.25, -0.2) is 18.7 Å². The Morgan fingerprint density at radius 3 is 2.06 bits per heavy atom. The summed E-state index contributed by atoms with van der Waals surface area (Å²) in [7, 11) is 0. The van der Waals surface area contributed by atoms with Gasteiger partial charge in [0.2, 0.25) is 5.91 Å². The summed E-state index contributed by atoms with van der Waals surface area (Å²) >= 11 is 0. The smallest absolute Gasteiger partial charge is 0.270 e. The topological polar surface area (TPSA) is 78.4 Å². The van der Waals surface area contributed by atoms with Gasteiger partial charge in [0.15, 0.2) is 17.5 Å². The van der Waals surface area contributed by atoms with E-state index in [0.717, 1.165) is 17.7 Å². The summed E-state index contributed by atoms with van der Waals surface area (Å²) in [5.41, 5.74) is 3.30. The molecule has 0 bridgehead atoms. The summed E-state index contributed by atoms with van der Waals surface area (Å²) in [6, 6.07) is 15.7. The first-order valence-electron chi connectivity index (χ1n) is 9.41. The van der Waals surface area contributed by atoms with Gasteiger partial charge in [-0.15, -0.1) is 0 Å². The largest absolute Gasteiger partial charge is 0.340 e. The first-order valence-corrected chi connectivity index (χ1v) is 9.41. The van der Waals surface area contributed by atoms with Gasteiger partial charge < -0.3 is 5.32 Å². The lowest BCUT2D eigenvalue weighted by Crippen LogP contribution is -2.39. The number of nitrogens with one attached hydrogen (secondary N) is 2. The SMILES string of the molecule is O=C(CCc1ccccc1)NC(C(=O)NO)c1ccc(-c2cc(F)c(F)c(F)c2)cc1. The standard InChI is InChI=1S/C23H19F3N2O3/c24-18-12-17(13-19(25)21(18)26)15-7-9-16(10-8-15)22(23(30)28-31)27-20(29)11-6-14-4-2-1-3-5-14/h1-5,7-10,12-13,22,31H,6,11H2,(H,27,29)(H,28,30). The molecule has 0 saturated carbocycles. The molecule has 0 heterocycles. The molecule has 3 N–H and O–H groups in total. The summed E-state index contributed by atoms with van der Waals surface area (Å²) in [6.45, 7) is 0. The Morgan fingerprint density at radius 2 is 1.48 bits per heavy atom. The number of amides is 2. The normalized spacial score (nSPS) is 11.6.